The molecule has 1 aromatic rings. The lowest BCUT2D eigenvalue weighted by molar-refractivity contribution is 0.0853. The zero-order valence-electron chi connectivity index (χ0n) is 12.3. The predicted octanol–water partition coefficient (Wildman–Crippen LogP) is 2.15. The molecule has 0 aromatic heterocycles. The second-order valence-electron chi connectivity index (χ2n) is 5.92. The van der Waals surface area contributed by atoms with Crippen LogP contribution in [0, 0.1) is 13.8 Å². The summed E-state index contributed by atoms with van der Waals surface area (Å²) in [5.41, 5.74) is 9.98. The molecule has 1 fully saturated rings. The van der Waals surface area contributed by atoms with E-state index in [0.717, 1.165) is 32.5 Å². The van der Waals surface area contributed by atoms with E-state index in [-0.39, 0.29) is 6.04 Å². The molecule has 0 bridgehead atoms. The molecule has 4 nitrogen and oxygen atoms in total. The number of ether oxygens (including phenoxy) is 1. The maximum Gasteiger partial charge on any atom is 0.192 e. The smallest absolute Gasteiger partial charge is 0.192 e. The molecule has 4 heteroatoms. The Labute approximate surface area is 120 Å². The monoisotopic (exact) mass is 273 g/mol. The number of nitrogens with zero attached hydrogens (tertiary/aromatic N) is 2. The Morgan fingerprint density at radius 1 is 1.30 bits per heavy atom. The Hall–Kier alpha value is -1.55. The maximum absolute atomic E-state index is 6.08. The summed E-state index contributed by atoms with van der Waals surface area (Å²) in [5, 5.41) is 0. The molecular weight excluding hydrogens is 250 g/mol. The largest absolute Gasteiger partial charge is 0.376 e. The molecule has 0 radical (unpaired) electrons. The summed E-state index contributed by atoms with van der Waals surface area (Å²) >= 11 is 0. The zero-order valence-corrected chi connectivity index (χ0v) is 12.3. The van der Waals surface area contributed by atoms with Crippen LogP contribution >= 0.6 is 0 Å². The fourth-order valence-electron chi connectivity index (χ4n) is 3.25. The van der Waals surface area contributed by atoms with Crippen molar-refractivity contribution in [1.29, 1.82) is 0 Å². The minimum Gasteiger partial charge on any atom is -0.376 e. The van der Waals surface area contributed by atoms with Gasteiger partial charge in [-0.25, -0.2) is 0 Å². The number of rotatable bonds is 3. The highest BCUT2D eigenvalue weighted by Crippen LogP contribution is 2.28. The van der Waals surface area contributed by atoms with Gasteiger partial charge in [0.1, 0.15) is 0 Å². The highest BCUT2D eigenvalue weighted by molar-refractivity contribution is 5.80. The van der Waals surface area contributed by atoms with E-state index in [1.165, 1.54) is 16.7 Å². The van der Waals surface area contributed by atoms with Crippen molar-refractivity contribution in [2.75, 3.05) is 19.7 Å². The van der Waals surface area contributed by atoms with Crippen LogP contribution in [0.3, 0.4) is 0 Å². The lowest BCUT2D eigenvalue weighted by Gasteiger charge is -2.29. The molecule has 2 unspecified atom stereocenters. The summed E-state index contributed by atoms with van der Waals surface area (Å²) in [6.45, 7) is 6.76. The van der Waals surface area contributed by atoms with E-state index >= 15 is 0 Å². The molecule has 3 rings (SSSR count). The van der Waals surface area contributed by atoms with Gasteiger partial charge in [0.15, 0.2) is 5.96 Å². The van der Waals surface area contributed by atoms with Crippen molar-refractivity contribution in [1.82, 2.24) is 4.90 Å². The molecule has 2 atom stereocenters. The Balaban J connectivity index is 1.80. The van der Waals surface area contributed by atoms with Crippen molar-refractivity contribution in [3.05, 3.63) is 34.9 Å². The van der Waals surface area contributed by atoms with Gasteiger partial charge in [-0.3, -0.25) is 4.99 Å². The van der Waals surface area contributed by atoms with Gasteiger partial charge in [0.2, 0.25) is 0 Å². The van der Waals surface area contributed by atoms with Crippen molar-refractivity contribution >= 4 is 5.96 Å². The molecule has 108 valence electrons. The van der Waals surface area contributed by atoms with Gasteiger partial charge in [0, 0.05) is 13.2 Å². The lowest BCUT2D eigenvalue weighted by Crippen LogP contribution is -2.41. The summed E-state index contributed by atoms with van der Waals surface area (Å²) in [4.78, 5) is 6.65. The van der Waals surface area contributed by atoms with Crippen molar-refractivity contribution in [3.63, 3.8) is 0 Å². The van der Waals surface area contributed by atoms with Gasteiger partial charge in [-0.05, 0) is 32.3 Å². The Bertz CT molecular complexity index is 500. The Morgan fingerprint density at radius 3 is 2.70 bits per heavy atom. The molecule has 0 aliphatic carbocycles. The van der Waals surface area contributed by atoms with E-state index in [0.29, 0.717) is 12.1 Å². The van der Waals surface area contributed by atoms with Gasteiger partial charge in [0.05, 0.1) is 18.7 Å². The molecule has 2 N–H and O–H groups in total. The average Bonchev–Trinajstić information content (AvgIpc) is 3.00. The number of hydrogen-bond donors (Lipinski definition) is 1. The Kier molecular flexibility index (Phi) is 3.66. The number of benzene rings is 1. The third-order valence-corrected chi connectivity index (χ3v) is 4.15. The third-order valence-electron chi connectivity index (χ3n) is 4.15. The molecule has 2 aliphatic heterocycles. The van der Waals surface area contributed by atoms with Gasteiger partial charge < -0.3 is 15.4 Å². The van der Waals surface area contributed by atoms with Crippen molar-refractivity contribution in [3.8, 4) is 0 Å². The van der Waals surface area contributed by atoms with Crippen LogP contribution in [0.15, 0.2) is 23.2 Å². The molecule has 2 aliphatic rings. The average molecular weight is 273 g/mol. The molecule has 0 amide bonds. The molecular formula is C16H23N3O. The van der Waals surface area contributed by atoms with Crippen LogP contribution in [0.2, 0.25) is 0 Å². The van der Waals surface area contributed by atoms with E-state index in [1.54, 1.807) is 0 Å². The first-order valence-corrected chi connectivity index (χ1v) is 7.40. The summed E-state index contributed by atoms with van der Waals surface area (Å²) in [7, 11) is 0. The van der Waals surface area contributed by atoms with Gasteiger partial charge in [-0.2, -0.15) is 0 Å². The van der Waals surface area contributed by atoms with E-state index in [4.69, 9.17) is 10.5 Å². The van der Waals surface area contributed by atoms with Crippen LogP contribution in [0.4, 0.5) is 0 Å². The van der Waals surface area contributed by atoms with Crippen molar-refractivity contribution in [2.45, 2.75) is 38.8 Å². The number of aryl methyl sites for hydroxylation is 2. The van der Waals surface area contributed by atoms with Crippen LogP contribution in [0.5, 0.6) is 0 Å². The quantitative estimate of drug-likeness (QED) is 0.918. The molecule has 2 heterocycles. The summed E-state index contributed by atoms with van der Waals surface area (Å²) in [6.07, 6.45) is 2.59. The fourth-order valence-corrected chi connectivity index (χ4v) is 3.25. The van der Waals surface area contributed by atoms with Crippen LogP contribution in [-0.4, -0.2) is 36.7 Å². The summed E-state index contributed by atoms with van der Waals surface area (Å²) < 4.78 is 5.74. The first-order chi connectivity index (χ1) is 9.63. The number of aliphatic imine (C=N–C) groups is 1. The normalized spacial score (nSPS) is 26.1. The van der Waals surface area contributed by atoms with E-state index in [9.17, 15) is 0 Å². The minimum atomic E-state index is 0.262. The molecule has 20 heavy (non-hydrogen) atoms. The molecule has 1 saturated heterocycles. The first-order valence-electron chi connectivity index (χ1n) is 7.40. The standard InChI is InChI=1S/C16H23N3O/c1-11-6-12(2)8-13(7-11)15-9-18-16(17)19(15)10-14-4-3-5-20-14/h6-8,14-15H,3-5,9-10H2,1-2H3,(H2,17,18). The van der Waals surface area contributed by atoms with E-state index < -0.39 is 0 Å². The van der Waals surface area contributed by atoms with Crippen LogP contribution in [0.25, 0.3) is 0 Å². The van der Waals surface area contributed by atoms with Crippen molar-refractivity contribution in [2.24, 2.45) is 10.7 Å². The summed E-state index contributed by atoms with van der Waals surface area (Å²) in [6, 6.07) is 6.95. The van der Waals surface area contributed by atoms with E-state index in [2.05, 4.69) is 41.9 Å². The number of guanidine groups is 1. The maximum atomic E-state index is 6.08. The predicted molar refractivity (Wildman–Crippen MR) is 80.8 cm³/mol. The number of hydrogen-bond acceptors (Lipinski definition) is 4. The second kappa shape index (κ2) is 5.44. The highest BCUT2D eigenvalue weighted by atomic mass is 16.5. The minimum absolute atomic E-state index is 0.262. The first kappa shape index (κ1) is 13.4. The topological polar surface area (TPSA) is 50.8 Å². The lowest BCUT2D eigenvalue weighted by atomic mass is 10.0. The number of nitrogens with two attached hydrogens (primary N) is 1. The van der Waals surface area contributed by atoms with Gasteiger partial charge in [0.25, 0.3) is 0 Å². The third kappa shape index (κ3) is 2.66. The van der Waals surface area contributed by atoms with Crippen LogP contribution in [0.1, 0.15) is 35.6 Å². The molecule has 0 spiro atoms. The van der Waals surface area contributed by atoms with Gasteiger partial charge in [-0.15, -0.1) is 0 Å². The highest BCUT2D eigenvalue weighted by Gasteiger charge is 2.31. The SMILES string of the molecule is Cc1cc(C)cc(C2CN=C(N)N2CC2CCCO2)c1. The van der Waals surface area contributed by atoms with Gasteiger partial charge in [-0.1, -0.05) is 29.3 Å². The van der Waals surface area contributed by atoms with E-state index in [1.807, 2.05) is 0 Å². The zero-order chi connectivity index (χ0) is 14.1. The van der Waals surface area contributed by atoms with Crippen LogP contribution in [-0.2, 0) is 4.74 Å². The molecule has 1 aromatic carbocycles. The van der Waals surface area contributed by atoms with Crippen LogP contribution < -0.4 is 5.73 Å². The van der Waals surface area contributed by atoms with Crippen molar-refractivity contribution < 1.29 is 4.74 Å². The second-order valence-corrected chi connectivity index (χ2v) is 5.92. The Morgan fingerprint density at radius 2 is 2.05 bits per heavy atom. The summed E-state index contributed by atoms with van der Waals surface area (Å²) in [5.74, 6) is 0.657. The van der Waals surface area contributed by atoms with Gasteiger partial charge >= 0.3 is 0 Å². The molecule has 0 saturated carbocycles. The fraction of sp³-hybridized carbons (Fsp3) is 0.562.